The lowest BCUT2D eigenvalue weighted by atomic mass is 10.1. The van der Waals surface area contributed by atoms with Gasteiger partial charge >= 0.3 is 0 Å². The lowest BCUT2D eigenvalue weighted by Crippen LogP contribution is -2.13. The van der Waals surface area contributed by atoms with Gasteiger partial charge in [-0.05, 0) is 26.0 Å². The predicted molar refractivity (Wildman–Crippen MR) is 90.6 cm³/mol. The molecule has 2 aromatic carbocycles. The molecule has 0 aliphatic heterocycles. The van der Waals surface area contributed by atoms with Crippen molar-refractivity contribution in [1.29, 1.82) is 0 Å². The summed E-state index contributed by atoms with van der Waals surface area (Å²) in [4.78, 5) is 12.4. The van der Waals surface area contributed by atoms with Crippen LogP contribution in [-0.4, -0.2) is 21.2 Å². The molecule has 1 atom stereocenters. The summed E-state index contributed by atoms with van der Waals surface area (Å²) in [6.07, 6.45) is 0. The topological polar surface area (TPSA) is 56.0 Å². The van der Waals surface area contributed by atoms with E-state index in [4.69, 9.17) is 4.42 Å². The number of hydrogen-bond donors (Lipinski definition) is 0. The Kier molecular flexibility index (Phi) is 4.57. The van der Waals surface area contributed by atoms with Crippen LogP contribution in [0.25, 0.3) is 11.5 Å². The van der Waals surface area contributed by atoms with Crippen LogP contribution in [0.5, 0.6) is 0 Å². The molecule has 0 aliphatic carbocycles. The Labute approximate surface area is 138 Å². The summed E-state index contributed by atoms with van der Waals surface area (Å²) in [6.45, 7) is 3.84. The van der Waals surface area contributed by atoms with Gasteiger partial charge in [-0.25, -0.2) is 0 Å². The summed E-state index contributed by atoms with van der Waals surface area (Å²) in [5.41, 5.74) is 2.69. The highest BCUT2D eigenvalue weighted by Crippen LogP contribution is 2.27. The molecule has 3 aromatic rings. The maximum absolute atomic E-state index is 12.4. The molecular formula is C18H16N2O2S. The van der Waals surface area contributed by atoms with Crippen molar-refractivity contribution < 1.29 is 9.21 Å². The van der Waals surface area contributed by atoms with Crippen molar-refractivity contribution >= 4 is 17.5 Å². The number of hydrogen-bond acceptors (Lipinski definition) is 5. The quantitative estimate of drug-likeness (QED) is 0.514. The third-order valence-corrected chi connectivity index (χ3v) is 4.34. The lowest BCUT2D eigenvalue weighted by molar-refractivity contribution is 0.0993. The molecule has 0 fully saturated rings. The number of aryl methyl sites for hydroxylation is 1. The second-order valence-corrected chi connectivity index (χ2v) is 6.52. The molecule has 5 heteroatoms. The molecule has 0 unspecified atom stereocenters. The van der Waals surface area contributed by atoms with Crippen molar-refractivity contribution in [3.8, 4) is 11.5 Å². The van der Waals surface area contributed by atoms with E-state index in [0.29, 0.717) is 16.7 Å². The van der Waals surface area contributed by atoms with Crippen molar-refractivity contribution in [1.82, 2.24) is 10.2 Å². The van der Waals surface area contributed by atoms with Crippen molar-refractivity contribution in [2.75, 3.05) is 0 Å². The second kappa shape index (κ2) is 6.79. The third kappa shape index (κ3) is 3.68. The van der Waals surface area contributed by atoms with E-state index in [0.717, 1.165) is 11.1 Å². The highest BCUT2D eigenvalue weighted by atomic mass is 32.2. The Morgan fingerprint density at radius 3 is 2.43 bits per heavy atom. The van der Waals surface area contributed by atoms with Crippen molar-refractivity contribution in [3.63, 3.8) is 0 Å². The molecule has 0 N–H and O–H groups in total. The largest absolute Gasteiger partial charge is 0.411 e. The van der Waals surface area contributed by atoms with Crippen LogP contribution in [0.2, 0.25) is 0 Å². The first-order chi connectivity index (χ1) is 11.1. The minimum absolute atomic E-state index is 0.0504. The normalized spacial score (nSPS) is 12.1. The highest BCUT2D eigenvalue weighted by molar-refractivity contribution is 8.00. The van der Waals surface area contributed by atoms with Crippen molar-refractivity contribution in [2.24, 2.45) is 0 Å². The minimum Gasteiger partial charge on any atom is -0.411 e. The summed E-state index contributed by atoms with van der Waals surface area (Å²) in [7, 11) is 0. The number of carbonyl (C=O) groups is 1. The third-order valence-electron chi connectivity index (χ3n) is 3.41. The number of thioether (sulfide) groups is 1. The van der Waals surface area contributed by atoms with Gasteiger partial charge < -0.3 is 4.42 Å². The molecule has 0 bridgehead atoms. The molecule has 0 radical (unpaired) electrons. The maximum Gasteiger partial charge on any atom is 0.277 e. The number of aromatic nitrogens is 2. The number of nitrogens with zero attached hydrogens (tertiary/aromatic N) is 2. The fraction of sp³-hybridized carbons (Fsp3) is 0.167. The zero-order valence-corrected chi connectivity index (χ0v) is 13.7. The molecule has 23 heavy (non-hydrogen) atoms. The van der Waals surface area contributed by atoms with Gasteiger partial charge in [-0.1, -0.05) is 59.8 Å². The molecule has 1 aromatic heterocycles. The molecule has 116 valence electrons. The van der Waals surface area contributed by atoms with Gasteiger partial charge in [0.05, 0.1) is 5.25 Å². The van der Waals surface area contributed by atoms with Gasteiger partial charge in [-0.2, -0.15) is 0 Å². The standard InChI is InChI=1S/C18H16N2O2S/c1-12-8-10-14(11-9-12)16(21)13(2)23-18-20-19-17(22-18)15-6-4-3-5-7-15/h3-11,13H,1-2H3/t13-/m1/s1. The SMILES string of the molecule is Cc1ccc(C(=O)[C@@H](C)Sc2nnc(-c3ccccc3)o2)cc1. The van der Waals surface area contributed by atoms with Gasteiger partial charge in [-0.15, -0.1) is 10.2 Å². The van der Waals surface area contributed by atoms with E-state index in [-0.39, 0.29) is 11.0 Å². The van der Waals surface area contributed by atoms with E-state index in [9.17, 15) is 4.79 Å². The van der Waals surface area contributed by atoms with E-state index in [2.05, 4.69) is 10.2 Å². The summed E-state index contributed by atoms with van der Waals surface area (Å²) < 4.78 is 5.63. The zero-order chi connectivity index (χ0) is 16.2. The van der Waals surface area contributed by atoms with Crippen LogP contribution in [0.3, 0.4) is 0 Å². The molecule has 4 nitrogen and oxygen atoms in total. The van der Waals surface area contributed by atoms with Gasteiger partial charge in [0.25, 0.3) is 5.22 Å². The van der Waals surface area contributed by atoms with Gasteiger partial charge in [0.15, 0.2) is 5.78 Å². The first-order valence-electron chi connectivity index (χ1n) is 7.30. The van der Waals surface area contributed by atoms with Crippen LogP contribution >= 0.6 is 11.8 Å². The van der Waals surface area contributed by atoms with Crippen LogP contribution < -0.4 is 0 Å². The smallest absolute Gasteiger partial charge is 0.277 e. The number of rotatable bonds is 5. The molecule has 0 amide bonds. The highest BCUT2D eigenvalue weighted by Gasteiger charge is 2.20. The Bertz CT molecular complexity index is 797. The Morgan fingerprint density at radius 2 is 1.74 bits per heavy atom. The zero-order valence-electron chi connectivity index (χ0n) is 12.9. The van der Waals surface area contributed by atoms with Crippen molar-refractivity contribution in [3.05, 3.63) is 65.7 Å². The Balaban J connectivity index is 1.71. The summed E-state index contributed by atoms with van der Waals surface area (Å²) in [5.74, 6) is 0.512. The molecule has 0 saturated heterocycles. The average Bonchev–Trinajstić information content (AvgIpc) is 3.04. The van der Waals surface area contributed by atoms with Crippen molar-refractivity contribution in [2.45, 2.75) is 24.3 Å². The molecule has 3 rings (SSSR count). The maximum atomic E-state index is 12.4. The average molecular weight is 324 g/mol. The monoisotopic (exact) mass is 324 g/mol. The van der Waals surface area contributed by atoms with Gasteiger partial charge in [-0.3, -0.25) is 4.79 Å². The first-order valence-corrected chi connectivity index (χ1v) is 8.18. The number of Topliss-reactive ketones (excluding diaryl/α,β-unsaturated/α-hetero) is 1. The number of benzene rings is 2. The van der Waals surface area contributed by atoms with Gasteiger partial charge in [0.1, 0.15) is 0 Å². The van der Waals surface area contributed by atoms with E-state index in [1.54, 1.807) is 0 Å². The van der Waals surface area contributed by atoms with Crippen LogP contribution in [0.4, 0.5) is 0 Å². The number of ketones is 1. The van der Waals surface area contributed by atoms with Crippen LogP contribution in [0, 0.1) is 6.92 Å². The van der Waals surface area contributed by atoms with Gasteiger partial charge in [0, 0.05) is 11.1 Å². The van der Waals surface area contributed by atoms with Crippen LogP contribution in [0.15, 0.2) is 64.2 Å². The minimum atomic E-state index is -0.290. The molecule has 0 spiro atoms. The Hall–Kier alpha value is -2.40. The molecule has 0 aliphatic rings. The van der Waals surface area contributed by atoms with Crippen LogP contribution in [0.1, 0.15) is 22.8 Å². The first kappa shape index (κ1) is 15.5. The summed E-state index contributed by atoms with van der Waals surface area (Å²) in [6, 6.07) is 17.1. The predicted octanol–water partition coefficient (Wildman–Crippen LogP) is 4.41. The van der Waals surface area contributed by atoms with E-state index < -0.39 is 0 Å². The van der Waals surface area contributed by atoms with Crippen LogP contribution in [-0.2, 0) is 0 Å². The number of carbonyl (C=O) groups excluding carboxylic acids is 1. The molecular weight excluding hydrogens is 308 g/mol. The van der Waals surface area contributed by atoms with E-state index >= 15 is 0 Å². The van der Waals surface area contributed by atoms with Gasteiger partial charge in [0.2, 0.25) is 5.89 Å². The van der Waals surface area contributed by atoms with E-state index in [1.807, 2.05) is 68.4 Å². The lowest BCUT2D eigenvalue weighted by Gasteiger charge is -2.07. The summed E-state index contributed by atoms with van der Waals surface area (Å²) >= 11 is 1.28. The fourth-order valence-electron chi connectivity index (χ4n) is 2.11. The second-order valence-electron chi connectivity index (χ2n) is 5.23. The summed E-state index contributed by atoms with van der Waals surface area (Å²) in [5, 5.41) is 8.16. The molecule has 1 heterocycles. The fourth-order valence-corrected chi connectivity index (χ4v) is 2.87. The Morgan fingerprint density at radius 1 is 1.04 bits per heavy atom. The molecule has 0 saturated carbocycles. The van der Waals surface area contributed by atoms with E-state index in [1.165, 1.54) is 11.8 Å².